The average Bonchev–Trinajstić information content (AvgIpc) is 3.04. The fourth-order valence-electron chi connectivity index (χ4n) is 1.83. The van der Waals surface area contributed by atoms with Crippen molar-refractivity contribution in [3.63, 3.8) is 0 Å². The number of aromatic amines is 1. The maximum absolute atomic E-state index is 12.3. The minimum Gasteiger partial charge on any atom is -0.360 e. The first-order valence-electron chi connectivity index (χ1n) is 5.36. The summed E-state index contributed by atoms with van der Waals surface area (Å²) in [5, 5.41) is 11.9. The molecule has 0 bridgehead atoms. The van der Waals surface area contributed by atoms with Crippen LogP contribution in [0.25, 0.3) is 10.9 Å². The molecule has 1 N–H and O–H groups in total. The van der Waals surface area contributed by atoms with Gasteiger partial charge in [0, 0.05) is 27.5 Å². The number of nitrogens with one attached hydrogen (secondary N) is 1. The van der Waals surface area contributed by atoms with Crippen molar-refractivity contribution in [2.45, 2.75) is 0 Å². The first kappa shape index (κ1) is 11.9. The lowest BCUT2D eigenvalue weighted by Gasteiger charge is -1.96. The Kier molecular flexibility index (Phi) is 2.82. The van der Waals surface area contributed by atoms with Crippen LogP contribution in [0.3, 0.4) is 0 Å². The average molecular weight is 288 g/mol. The highest BCUT2D eigenvalue weighted by molar-refractivity contribution is 7.12. The van der Waals surface area contributed by atoms with E-state index in [1.165, 1.54) is 0 Å². The second-order valence-electron chi connectivity index (χ2n) is 3.87. The van der Waals surface area contributed by atoms with Crippen LogP contribution in [-0.4, -0.2) is 15.8 Å². The minimum atomic E-state index is -0.208. The molecular formula is C13H6ClN3OS. The van der Waals surface area contributed by atoms with Crippen LogP contribution in [0.2, 0.25) is 5.02 Å². The quantitative estimate of drug-likeness (QED) is 0.735. The molecule has 92 valence electrons. The van der Waals surface area contributed by atoms with Gasteiger partial charge in [0.15, 0.2) is 10.7 Å². The van der Waals surface area contributed by atoms with E-state index in [2.05, 4.69) is 9.97 Å². The summed E-state index contributed by atoms with van der Waals surface area (Å²) in [7, 11) is 0. The van der Waals surface area contributed by atoms with Crippen LogP contribution < -0.4 is 0 Å². The highest BCUT2D eigenvalue weighted by atomic mass is 35.5. The molecule has 1 aromatic carbocycles. The molecule has 2 aromatic heterocycles. The molecule has 3 aromatic rings. The monoisotopic (exact) mass is 287 g/mol. The van der Waals surface area contributed by atoms with Gasteiger partial charge in [0.05, 0.1) is 5.56 Å². The molecule has 0 atom stereocenters. The zero-order chi connectivity index (χ0) is 13.4. The van der Waals surface area contributed by atoms with Crippen molar-refractivity contribution in [2.75, 3.05) is 0 Å². The number of nitrogens with zero attached hydrogens (tertiary/aromatic N) is 2. The molecule has 3 rings (SSSR count). The van der Waals surface area contributed by atoms with Gasteiger partial charge < -0.3 is 4.98 Å². The smallest absolute Gasteiger partial charge is 0.223 e. The number of hydrogen-bond donors (Lipinski definition) is 1. The zero-order valence-corrected chi connectivity index (χ0v) is 11.0. The third-order valence-corrected chi connectivity index (χ3v) is 3.78. The van der Waals surface area contributed by atoms with Gasteiger partial charge in [-0.25, -0.2) is 4.98 Å². The zero-order valence-electron chi connectivity index (χ0n) is 9.48. The number of carbonyl (C=O) groups is 1. The van der Waals surface area contributed by atoms with Gasteiger partial charge in [-0.1, -0.05) is 11.6 Å². The fourth-order valence-corrected chi connectivity index (χ4v) is 2.69. The molecule has 0 radical (unpaired) electrons. The van der Waals surface area contributed by atoms with Gasteiger partial charge in [0.2, 0.25) is 5.78 Å². The molecule has 0 aliphatic carbocycles. The summed E-state index contributed by atoms with van der Waals surface area (Å²) in [6, 6.07) is 7.22. The summed E-state index contributed by atoms with van der Waals surface area (Å²) in [4.78, 5) is 19.3. The summed E-state index contributed by atoms with van der Waals surface area (Å²) in [5.74, 6) is -0.208. The number of rotatable bonds is 2. The SMILES string of the molecule is N#Cc1csc(C(=O)c2c[nH]c3ccc(Cl)cc23)n1. The Balaban J connectivity index is 2.11. The molecule has 0 saturated heterocycles. The second kappa shape index (κ2) is 4.50. The van der Waals surface area contributed by atoms with Crippen molar-refractivity contribution in [2.24, 2.45) is 0 Å². The van der Waals surface area contributed by atoms with E-state index >= 15 is 0 Å². The van der Waals surface area contributed by atoms with Gasteiger partial charge in [-0.15, -0.1) is 11.3 Å². The standard InChI is InChI=1S/C13H6ClN3OS/c14-7-1-2-11-9(3-7)10(5-16-11)12(18)13-17-8(4-15)6-19-13/h1-3,5-6,16H. The number of fused-ring (bicyclic) bond motifs is 1. The van der Waals surface area contributed by atoms with E-state index in [0.717, 1.165) is 22.2 Å². The predicted molar refractivity (Wildman–Crippen MR) is 73.6 cm³/mol. The van der Waals surface area contributed by atoms with Crippen LogP contribution in [0, 0.1) is 11.3 Å². The van der Waals surface area contributed by atoms with Crippen molar-refractivity contribution in [3.05, 3.63) is 51.1 Å². The molecule has 0 fully saturated rings. The normalized spacial score (nSPS) is 10.5. The lowest BCUT2D eigenvalue weighted by atomic mass is 10.1. The lowest BCUT2D eigenvalue weighted by Crippen LogP contribution is -1.99. The van der Waals surface area contributed by atoms with E-state index < -0.39 is 0 Å². The molecule has 0 saturated carbocycles. The van der Waals surface area contributed by atoms with Crippen LogP contribution in [0.15, 0.2) is 29.8 Å². The molecule has 6 heteroatoms. The van der Waals surface area contributed by atoms with Gasteiger partial charge in [-0.2, -0.15) is 5.26 Å². The predicted octanol–water partition coefficient (Wildman–Crippen LogP) is 3.38. The van der Waals surface area contributed by atoms with Crippen LogP contribution in [0.4, 0.5) is 0 Å². The molecule has 0 amide bonds. The largest absolute Gasteiger partial charge is 0.360 e. The molecule has 0 aliphatic heterocycles. The Morgan fingerprint density at radius 2 is 2.32 bits per heavy atom. The highest BCUT2D eigenvalue weighted by Gasteiger charge is 2.17. The molecule has 0 unspecified atom stereocenters. The van der Waals surface area contributed by atoms with Gasteiger partial charge in [0.1, 0.15) is 6.07 Å². The van der Waals surface area contributed by atoms with E-state index in [1.54, 1.807) is 23.7 Å². The number of thiazole rings is 1. The minimum absolute atomic E-state index is 0.208. The first-order chi connectivity index (χ1) is 9.19. The van der Waals surface area contributed by atoms with Crippen molar-refractivity contribution < 1.29 is 4.79 Å². The van der Waals surface area contributed by atoms with Gasteiger partial charge in [-0.3, -0.25) is 4.79 Å². The topological polar surface area (TPSA) is 69.5 Å². The maximum Gasteiger partial charge on any atom is 0.223 e. The van der Waals surface area contributed by atoms with Crippen molar-refractivity contribution in [1.29, 1.82) is 5.26 Å². The summed E-state index contributed by atoms with van der Waals surface area (Å²) < 4.78 is 0. The van der Waals surface area contributed by atoms with Crippen LogP contribution in [0.1, 0.15) is 21.1 Å². The number of H-pyrrole nitrogens is 1. The molecular weight excluding hydrogens is 282 g/mol. The Labute approximate surface area is 117 Å². The van der Waals surface area contributed by atoms with Gasteiger partial charge in [-0.05, 0) is 18.2 Å². The maximum atomic E-state index is 12.3. The van der Waals surface area contributed by atoms with E-state index in [9.17, 15) is 4.79 Å². The number of carbonyl (C=O) groups excluding carboxylic acids is 1. The summed E-state index contributed by atoms with van der Waals surface area (Å²) in [5.41, 5.74) is 1.60. The van der Waals surface area contributed by atoms with Crippen molar-refractivity contribution in [1.82, 2.24) is 9.97 Å². The molecule has 0 spiro atoms. The summed E-state index contributed by atoms with van der Waals surface area (Å²) in [6.45, 7) is 0. The third-order valence-electron chi connectivity index (χ3n) is 2.70. The number of nitriles is 1. The third kappa shape index (κ3) is 2.01. The second-order valence-corrected chi connectivity index (χ2v) is 5.17. The first-order valence-corrected chi connectivity index (χ1v) is 6.62. The van der Waals surface area contributed by atoms with Crippen LogP contribution in [0.5, 0.6) is 0 Å². The Hall–Kier alpha value is -2.16. The van der Waals surface area contributed by atoms with E-state index in [4.69, 9.17) is 16.9 Å². The number of benzene rings is 1. The summed E-state index contributed by atoms with van der Waals surface area (Å²) >= 11 is 7.11. The highest BCUT2D eigenvalue weighted by Crippen LogP contribution is 2.25. The van der Waals surface area contributed by atoms with E-state index in [1.807, 2.05) is 12.1 Å². The van der Waals surface area contributed by atoms with Crippen LogP contribution >= 0.6 is 22.9 Å². The number of hydrogen-bond acceptors (Lipinski definition) is 4. The van der Waals surface area contributed by atoms with Crippen molar-refractivity contribution in [3.8, 4) is 6.07 Å². The number of halogens is 1. The Morgan fingerprint density at radius 1 is 1.47 bits per heavy atom. The molecule has 19 heavy (non-hydrogen) atoms. The number of ketones is 1. The van der Waals surface area contributed by atoms with Gasteiger partial charge in [0.25, 0.3) is 0 Å². The van der Waals surface area contributed by atoms with Gasteiger partial charge >= 0.3 is 0 Å². The fraction of sp³-hybridized carbons (Fsp3) is 0. The molecule has 4 nitrogen and oxygen atoms in total. The Bertz CT molecular complexity index is 828. The van der Waals surface area contributed by atoms with Crippen molar-refractivity contribution >= 4 is 39.6 Å². The molecule has 2 heterocycles. The lowest BCUT2D eigenvalue weighted by molar-refractivity contribution is 0.104. The Morgan fingerprint density at radius 3 is 3.05 bits per heavy atom. The number of aromatic nitrogens is 2. The van der Waals surface area contributed by atoms with Crippen LogP contribution in [-0.2, 0) is 0 Å². The van der Waals surface area contributed by atoms with E-state index in [-0.39, 0.29) is 11.5 Å². The van der Waals surface area contributed by atoms with E-state index in [0.29, 0.717) is 15.6 Å². The molecule has 0 aliphatic rings. The summed E-state index contributed by atoms with van der Waals surface area (Å²) in [6.07, 6.45) is 1.64.